The molecule has 0 aliphatic heterocycles. The molecule has 2 aliphatic carbocycles. The predicted molar refractivity (Wildman–Crippen MR) is 101 cm³/mol. The first kappa shape index (κ1) is 18.0. The summed E-state index contributed by atoms with van der Waals surface area (Å²) in [6.07, 6.45) is 3.33. The normalized spacial score (nSPS) is 25.4. The van der Waals surface area contributed by atoms with Crippen molar-refractivity contribution >= 4 is 22.8 Å². The topological polar surface area (TPSA) is 91.6 Å². The van der Waals surface area contributed by atoms with Crippen molar-refractivity contribution in [3.63, 3.8) is 0 Å². The molecule has 6 nitrogen and oxygen atoms in total. The number of aliphatic hydroxyl groups excluding tert-OH is 1. The molecule has 2 aromatic rings. The van der Waals surface area contributed by atoms with E-state index in [4.69, 9.17) is 4.42 Å². The molecule has 3 atom stereocenters. The summed E-state index contributed by atoms with van der Waals surface area (Å²) in [5, 5.41) is 17.2. The van der Waals surface area contributed by atoms with Crippen molar-refractivity contribution in [3.05, 3.63) is 35.1 Å². The van der Waals surface area contributed by atoms with Gasteiger partial charge in [-0.1, -0.05) is 11.6 Å². The summed E-state index contributed by atoms with van der Waals surface area (Å²) in [6.45, 7) is 3.86. The number of carbonyl (C=O) groups excluding carboxylic acids is 2. The molecule has 0 spiro atoms. The highest BCUT2D eigenvalue weighted by Gasteiger charge is 2.39. The van der Waals surface area contributed by atoms with E-state index in [2.05, 4.69) is 10.6 Å². The smallest absolute Gasteiger partial charge is 0.287 e. The van der Waals surface area contributed by atoms with Crippen LogP contribution in [0.3, 0.4) is 0 Å². The van der Waals surface area contributed by atoms with E-state index in [1.165, 1.54) is 0 Å². The van der Waals surface area contributed by atoms with Crippen LogP contribution in [0.1, 0.15) is 53.8 Å². The lowest BCUT2D eigenvalue weighted by atomic mass is 9.92. The van der Waals surface area contributed by atoms with Crippen LogP contribution in [0.15, 0.2) is 22.6 Å². The molecule has 2 fully saturated rings. The maximum Gasteiger partial charge on any atom is 0.287 e. The zero-order chi connectivity index (χ0) is 19.1. The van der Waals surface area contributed by atoms with E-state index in [1.54, 1.807) is 0 Å². The first-order chi connectivity index (χ1) is 12.9. The number of furan rings is 1. The van der Waals surface area contributed by atoms with Crippen LogP contribution in [0.2, 0.25) is 0 Å². The Hall–Kier alpha value is -2.34. The average Bonchev–Trinajstić information content (AvgIpc) is 3.12. The number of hydrogen-bond acceptors (Lipinski definition) is 4. The molecule has 1 heterocycles. The lowest BCUT2D eigenvalue weighted by molar-refractivity contribution is -0.126. The highest BCUT2D eigenvalue weighted by Crippen LogP contribution is 2.30. The molecular weight excluding hydrogens is 344 g/mol. The number of nitrogens with one attached hydrogen (secondary N) is 2. The molecule has 0 radical (unpaired) electrons. The molecule has 1 aromatic heterocycles. The molecule has 2 amide bonds. The first-order valence-electron chi connectivity index (χ1n) is 9.71. The van der Waals surface area contributed by atoms with Gasteiger partial charge in [-0.2, -0.15) is 0 Å². The molecule has 0 unspecified atom stereocenters. The largest absolute Gasteiger partial charge is 0.451 e. The van der Waals surface area contributed by atoms with Gasteiger partial charge in [0.1, 0.15) is 5.58 Å². The van der Waals surface area contributed by atoms with Crippen molar-refractivity contribution in [1.29, 1.82) is 0 Å². The number of rotatable bonds is 4. The maximum atomic E-state index is 12.7. The van der Waals surface area contributed by atoms with E-state index in [9.17, 15) is 14.7 Å². The van der Waals surface area contributed by atoms with Gasteiger partial charge >= 0.3 is 0 Å². The van der Waals surface area contributed by atoms with Crippen LogP contribution in [0.4, 0.5) is 0 Å². The van der Waals surface area contributed by atoms with Crippen LogP contribution in [0, 0.1) is 19.8 Å². The van der Waals surface area contributed by atoms with Gasteiger partial charge in [-0.15, -0.1) is 0 Å². The molecule has 144 valence electrons. The Morgan fingerprint density at radius 2 is 1.93 bits per heavy atom. The molecule has 0 bridgehead atoms. The SMILES string of the molecule is Cc1ccc2oc(C(=O)N[C@@H]3C[C@H](C(=O)NC4CCC4)C[C@H]3O)c(C)c2c1. The Balaban J connectivity index is 1.43. The molecule has 0 saturated heterocycles. The number of benzene rings is 1. The van der Waals surface area contributed by atoms with E-state index < -0.39 is 12.1 Å². The first-order valence-corrected chi connectivity index (χ1v) is 9.71. The summed E-state index contributed by atoms with van der Waals surface area (Å²) < 4.78 is 5.74. The minimum absolute atomic E-state index is 0.00843. The number of fused-ring (bicyclic) bond motifs is 1. The van der Waals surface area contributed by atoms with Gasteiger partial charge in [0, 0.05) is 22.9 Å². The fourth-order valence-electron chi connectivity index (χ4n) is 4.04. The summed E-state index contributed by atoms with van der Waals surface area (Å²) in [5.74, 6) is -0.341. The third-order valence-corrected chi connectivity index (χ3v) is 5.97. The van der Waals surface area contributed by atoms with Crippen molar-refractivity contribution in [2.45, 2.75) is 64.1 Å². The Labute approximate surface area is 158 Å². The van der Waals surface area contributed by atoms with E-state index in [0.717, 1.165) is 35.8 Å². The fourth-order valence-corrected chi connectivity index (χ4v) is 4.04. The monoisotopic (exact) mass is 370 g/mol. The third-order valence-electron chi connectivity index (χ3n) is 5.97. The van der Waals surface area contributed by atoms with Gasteiger partial charge in [-0.25, -0.2) is 0 Å². The Bertz CT molecular complexity index is 884. The van der Waals surface area contributed by atoms with Crippen molar-refractivity contribution in [2.75, 3.05) is 0 Å². The van der Waals surface area contributed by atoms with E-state index in [1.807, 2.05) is 32.0 Å². The minimum Gasteiger partial charge on any atom is -0.451 e. The van der Waals surface area contributed by atoms with Crippen LogP contribution < -0.4 is 10.6 Å². The molecule has 4 rings (SSSR count). The van der Waals surface area contributed by atoms with Gasteiger partial charge < -0.3 is 20.2 Å². The second-order valence-corrected chi connectivity index (χ2v) is 8.01. The van der Waals surface area contributed by atoms with Crippen LogP contribution in [0.25, 0.3) is 11.0 Å². The van der Waals surface area contributed by atoms with Gasteiger partial charge in [0.05, 0.1) is 12.1 Å². The lowest BCUT2D eigenvalue weighted by Crippen LogP contribution is -2.42. The summed E-state index contributed by atoms with van der Waals surface area (Å²) in [4.78, 5) is 25.1. The van der Waals surface area contributed by atoms with Gasteiger partial charge in [0.2, 0.25) is 5.91 Å². The lowest BCUT2D eigenvalue weighted by Gasteiger charge is -2.27. The number of aryl methyl sites for hydroxylation is 2. The number of amides is 2. The summed E-state index contributed by atoms with van der Waals surface area (Å²) in [7, 11) is 0. The Morgan fingerprint density at radius 3 is 2.63 bits per heavy atom. The summed E-state index contributed by atoms with van der Waals surface area (Å²) >= 11 is 0. The predicted octanol–water partition coefficient (Wildman–Crippen LogP) is 2.59. The number of carbonyl (C=O) groups is 2. The van der Waals surface area contributed by atoms with Crippen LogP contribution in [-0.2, 0) is 4.79 Å². The quantitative estimate of drug-likeness (QED) is 0.771. The highest BCUT2D eigenvalue weighted by atomic mass is 16.3. The van der Waals surface area contributed by atoms with Gasteiger partial charge in [0.25, 0.3) is 5.91 Å². The highest BCUT2D eigenvalue weighted by molar-refractivity contribution is 5.99. The molecule has 2 saturated carbocycles. The maximum absolute atomic E-state index is 12.7. The van der Waals surface area contributed by atoms with E-state index in [-0.39, 0.29) is 29.5 Å². The van der Waals surface area contributed by atoms with Crippen LogP contribution in [-0.4, -0.2) is 35.1 Å². The van der Waals surface area contributed by atoms with Gasteiger partial charge in [-0.3, -0.25) is 9.59 Å². The summed E-state index contributed by atoms with van der Waals surface area (Å²) in [6, 6.07) is 5.64. The zero-order valence-electron chi connectivity index (χ0n) is 15.7. The van der Waals surface area contributed by atoms with Crippen molar-refractivity contribution in [3.8, 4) is 0 Å². The van der Waals surface area contributed by atoms with Gasteiger partial charge in [0.15, 0.2) is 5.76 Å². The average molecular weight is 370 g/mol. The molecule has 6 heteroatoms. The molecular formula is C21H26N2O4. The molecule has 27 heavy (non-hydrogen) atoms. The molecule has 1 aromatic carbocycles. The third kappa shape index (κ3) is 3.46. The summed E-state index contributed by atoms with van der Waals surface area (Å²) in [5.41, 5.74) is 2.57. The molecule has 2 aliphatic rings. The molecule has 3 N–H and O–H groups in total. The van der Waals surface area contributed by atoms with Gasteiger partial charge in [-0.05, 0) is 58.1 Å². The standard InChI is InChI=1S/C21H26N2O4/c1-11-6-7-18-15(8-11)12(2)19(27-18)21(26)23-16-9-13(10-17(16)24)20(25)22-14-4-3-5-14/h6-8,13-14,16-17,24H,3-5,9-10H2,1-2H3,(H,22,25)(H,23,26)/t13-,16+,17+/m0/s1. The minimum atomic E-state index is -0.724. The van der Waals surface area contributed by atoms with Crippen LogP contribution >= 0.6 is 0 Å². The second-order valence-electron chi connectivity index (χ2n) is 8.01. The second kappa shape index (κ2) is 7.00. The van der Waals surface area contributed by atoms with E-state index >= 15 is 0 Å². The fraction of sp³-hybridized carbons (Fsp3) is 0.524. The zero-order valence-corrected chi connectivity index (χ0v) is 15.7. The van der Waals surface area contributed by atoms with E-state index in [0.29, 0.717) is 18.4 Å². The number of aliphatic hydroxyl groups is 1. The Kier molecular flexibility index (Phi) is 4.68. The van der Waals surface area contributed by atoms with Crippen molar-refractivity contribution in [1.82, 2.24) is 10.6 Å². The van der Waals surface area contributed by atoms with Crippen LogP contribution in [0.5, 0.6) is 0 Å². The Morgan fingerprint density at radius 1 is 1.15 bits per heavy atom. The number of hydrogen-bond donors (Lipinski definition) is 3. The van der Waals surface area contributed by atoms with Crippen molar-refractivity contribution in [2.24, 2.45) is 5.92 Å². The van der Waals surface area contributed by atoms with Crippen molar-refractivity contribution < 1.29 is 19.1 Å².